The average molecular weight is 254 g/mol. The molecule has 1 atom stereocenters. The molecule has 0 aliphatic carbocycles. The van der Waals surface area contributed by atoms with Crippen LogP contribution in [0.5, 0.6) is 0 Å². The van der Waals surface area contributed by atoms with Crippen LogP contribution in [0.25, 0.3) is 0 Å². The van der Waals surface area contributed by atoms with Gasteiger partial charge in [-0.15, -0.1) is 0 Å². The minimum atomic E-state index is -0.716. The maximum atomic E-state index is 13.5. The predicted molar refractivity (Wildman–Crippen MR) is 64.6 cm³/mol. The molecule has 0 aliphatic heterocycles. The van der Waals surface area contributed by atoms with Gasteiger partial charge in [-0.1, -0.05) is 6.92 Å². The van der Waals surface area contributed by atoms with Gasteiger partial charge in [0.2, 0.25) is 5.91 Å². The highest BCUT2D eigenvalue weighted by molar-refractivity contribution is 5.96. The molecule has 0 unspecified atom stereocenters. The van der Waals surface area contributed by atoms with Crippen LogP contribution in [0.1, 0.15) is 23.7 Å². The number of nitrogens with two attached hydrogens (primary N) is 1. The van der Waals surface area contributed by atoms with E-state index in [0.29, 0.717) is 6.42 Å². The van der Waals surface area contributed by atoms with Crippen molar-refractivity contribution >= 4 is 17.6 Å². The largest absolute Gasteiger partial charge is 0.465 e. The lowest BCUT2D eigenvalue weighted by molar-refractivity contribution is -0.117. The van der Waals surface area contributed by atoms with Gasteiger partial charge in [-0.2, -0.15) is 0 Å². The summed E-state index contributed by atoms with van der Waals surface area (Å²) in [6, 6.07) is 2.85. The third-order valence-corrected chi connectivity index (χ3v) is 2.42. The van der Waals surface area contributed by atoms with Gasteiger partial charge in [-0.3, -0.25) is 4.79 Å². The highest BCUT2D eigenvalue weighted by Gasteiger charge is 2.15. The molecule has 0 aromatic heterocycles. The maximum absolute atomic E-state index is 13.5. The Morgan fingerprint density at radius 1 is 1.50 bits per heavy atom. The lowest BCUT2D eigenvalue weighted by Gasteiger charge is -2.11. The van der Waals surface area contributed by atoms with Crippen molar-refractivity contribution in [2.75, 3.05) is 12.4 Å². The summed E-state index contributed by atoms with van der Waals surface area (Å²) in [4.78, 5) is 22.8. The number of halogens is 1. The van der Waals surface area contributed by atoms with E-state index in [1.54, 1.807) is 6.92 Å². The Kier molecular flexibility index (Phi) is 4.79. The summed E-state index contributed by atoms with van der Waals surface area (Å²) in [5, 5.41) is 2.33. The van der Waals surface area contributed by atoms with Crippen LogP contribution in [0.4, 0.5) is 10.1 Å². The van der Waals surface area contributed by atoms with Crippen molar-refractivity contribution in [3.8, 4) is 0 Å². The number of amides is 1. The van der Waals surface area contributed by atoms with Gasteiger partial charge >= 0.3 is 5.97 Å². The summed E-state index contributed by atoms with van der Waals surface area (Å²) in [6.45, 7) is 1.74. The first-order valence-electron chi connectivity index (χ1n) is 5.44. The molecular weight excluding hydrogens is 239 g/mol. The maximum Gasteiger partial charge on any atom is 0.337 e. The van der Waals surface area contributed by atoms with Crippen LogP contribution in [-0.4, -0.2) is 25.0 Å². The van der Waals surface area contributed by atoms with E-state index >= 15 is 0 Å². The number of anilines is 1. The van der Waals surface area contributed by atoms with E-state index in [9.17, 15) is 14.0 Å². The molecule has 18 heavy (non-hydrogen) atoms. The van der Waals surface area contributed by atoms with Crippen LogP contribution in [-0.2, 0) is 9.53 Å². The number of nitrogens with one attached hydrogen (secondary N) is 1. The highest BCUT2D eigenvalue weighted by atomic mass is 19.1. The smallest absolute Gasteiger partial charge is 0.337 e. The molecular formula is C12H15FN2O3. The second kappa shape index (κ2) is 6.11. The number of esters is 1. The number of hydrogen-bond donors (Lipinski definition) is 2. The normalized spacial score (nSPS) is 11.8. The number of rotatable bonds is 4. The van der Waals surface area contributed by atoms with Crippen molar-refractivity contribution in [2.24, 2.45) is 5.73 Å². The predicted octanol–water partition coefficient (Wildman–Crippen LogP) is 1.29. The first-order chi connectivity index (χ1) is 8.49. The third-order valence-electron chi connectivity index (χ3n) is 2.42. The fourth-order valence-electron chi connectivity index (χ4n) is 1.28. The van der Waals surface area contributed by atoms with Crippen molar-refractivity contribution in [3.63, 3.8) is 0 Å². The second-order valence-electron chi connectivity index (χ2n) is 3.69. The Morgan fingerprint density at radius 3 is 2.72 bits per heavy atom. The van der Waals surface area contributed by atoms with Crippen LogP contribution in [0.2, 0.25) is 0 Å². The van der Waals surface area contributed by atoms with Gasteiger partial charge in [0.1, 0.15) is 5.82 Å². The average Bonchev–Trinajstić information content (AvgIpc) is 2.39. The fourth-order valence-corrected chi connectivity index (χ4v) is 1.28. The molecule has 0 spiro atoms. The van der Waals surface area contributed by atoms with E-state index in [0.717, 1.165) is 6.07 Å². The van der Waals surface area contributed by atoms with Gasteiger partial charge in [-0.25, -0.2) is 9.18 Å². The first kappa shape index (κ1) is 14.1. The van der Waals surface area contributed by atoms with Crippen molar-refractivity contribution < 1.29 is 18.7 Å². The van der Waals surface area contributed by atoms with E-state index in [1.165, 1.54) is 19.2 Å². The lowest BCUT2D eigenvalue weighted by Crippen LogP contribution is -2.35. The first-order valence-corrected chi connectivity index (χ1v) is 5.44. The minimum Gasteiger partial charge on any atom is -0.465 e. The number of ether oxygens (including phenoxy) is 1. The van der Waals surface area contributed by atoms with Crippen molar-refractivity contribution in [1.82, 2.24) is 0 Å². The molecule has 98 valence electrons. The van der Waals surface area contributed by atoms with E-state index in [4.69, 9.17) is 5.73 Å². The zero-order valence-corrected chi connectivity index (χ0v) is 10.2. The molecule has 0 fully saturated rings. The van der Waals surface area contributed by atoms with Crippen LogP contribution >= 0.6 is 0 Å². The van der Waals surface area contributed by atoms with Gasteiger partial charge in [0, 0.05) is 0 Å². The molecule has 1 rings (SSSR count). The van der Waals surface area contributed by atoms with Crippen LogP contribution in [0.3, 0.4) is 0 Å². The van der Waals surface area contributed by atoms with E-state index in [1.807, 2.05) is 0 Å². The molecule has 1 amide bonds. The van der Waals surface area contributed by atoms with Gasteiger partial charge < -0.3 is 15.8 Å². The third kappa shape index (κ3) is 3.27. The Bertz CT molecular complexity index is 463. The number of hydrogen-bond acceptors (Lipinski definition) is 4. The van der Waals surface area contributed by atoms with Gasteiger partial charge in [-0.05, 0) is 24.6 Å². The van der Waals surface area contributed by atoms with Crippen LogP contribution in [0.15, 0.2) is 18.2 Å². The Morgan fingerprint density at radius 2 is 2.17 bits per heavy atom. The van der Waals surface area contributed by atoms with Gasteiger partial charge in [0.25, 0.3) is 0 Å². The molecule has 0 saturated heterocycles. The topological polar surface area (TPSA) is 81.4 Å². The quantitative estimate of drug-likeness (QED) is 0.793. The molecule has 6 heteroatoms. The molecule has 3 N–H and O–H groups in total. The van der Waals surface area contributed by atoms with Crippen molar-refractivity contribution in [2.45, 2.75) is 19.4 Å². The van der Waals surface area contributed by atoms with Crippen molar-refractivity contribution in [3.05, 3.63) is 29.6 Å². The Hall–Kier alpha value is -1.95. The second-order valence-corrected chi connectivity index (χ2v) is 3.69. The molecule has 0 saturated carbocycles. The zero-order valence-electron chi connectivity index (χ0n) is 10.2. The summed E-state index contributed by atoms with van der Waals surface area (Å²) in [6.07, 6.45) is 0.435. The van der Waals surface area contributed by atoms with Gasteiger partial charge in [0.15, 0.2) is 0 Å². The summed E-state index contributed by atoms with van der Waals surface area (Å²) in [5.74, 6) is -1.75. The fraction of sp³-hybridized carbons (Fsp3) is 0.333. The Balaban J connectivity index is 2.94. The number of carbonyl (C=O) groups excluding carboxylic acids is 2. The lowest BCUT2D eigenvalue weighted by atomic mass is 10.1. The van der Waals surface area contributed by atoms with Crippen LogP contribution in [0, 0.1) is 5.82 Å². The monoisotopic (exact) mass is 254 g/mol. The summed E-state index contributed by atoms with van der Waals surface area (Å²) < 4.78 is 18.0. The molecule has 1 aromatic carbocycles. The number of benzene rings is 1. The number of methoxy groups -OCH3 is 1. The standard InChI is InChI=1S/C12H15FN2O3/c1-3-9(14)11(16)15-10-6-7(12(17)18-2)4-5-8(10)13/h4-6,9H,3,14H2,1-2H3,(H,15,16)/t9-/m0/s1. The Labute approximate surface area is 104 Å². The number of carbonyl (C=O) groups is 2. The summed E-state index contributed by atoms with van der Waals surface area (Å²) >= 11 is 0. The SMILES string of the molecule is CC[C@H](N)C(=O)Nc1cc(C(=O)OC)ccc1F. The van der Waals surface area contributed by atoms with Crippen molar-refractivity contribution in [1.29, 1.82) is 0 Å². The van der Waals surface area contributed by atoms with Gasteiger partial charge in [0.05, 0.1) is 24.4 Å². The molecule has 0 heterocycles. The summed E-state index contributed by atoms with van der Waals surface area (Å²) in [5.41, 5.74) is 5.57. The highest BCUT2D eigenvalue weighted by Crippen LogP contribution is 2.17. The van der Waals surface area contributed by atoms with E-state index < -0.39 is 23.7 Å². The molecule has 0 aliphatic rings. The molecule has 1 aromatic rings. The van der Waals surface area contributed by atoms with E-state index in [-0.39, 0.29) is 11.3 Å². The minimum absolute atomic E-state index is 0.0909. The van der Waals surface area contributed by atoms with Crippen LogP contribution < -0.4 is 11.1 Å². The van der Waals surface area contributed by atoms with E-state index in [2.05, 4.69) is 10.1 Å². The molecule has 5 nitrogen and oxygen atoms in total. The molecule has 0 radical (unpaired) electrons. The zero-order chi connectivity index (χ0) is 13.7. The summed E-state index contributed by atoms with van der Waals surface area (Å²) in [7, 11) is 1.22. The molecule has 0 bridgehead atoms.